The lowest BCUT2D eigenvalue weighted by atomic mass is 10.3. The number of hydrogen-bond acceptors (Lipinski definition) is 4. The summed E-state index contributed by atoms with van der Waals surface area (Å²) in [5.74, 6) is -0.534. The van der Waals surface area contributed by atoms with Crippen LogP contribution in [0.2, 0.25) is 0 Å². The Morgan fingerprint density at radius 2 is 1.78 bits per heavy atom. The lowest BCUT2D eigenvalue weighted by Gasteiger charge is -2.09. The topological polar surface area (TPSA) is 49.8 Å². The van der Waals surface area contributed by atoms with Crippen LogP contribution < -0.4 is 10.6 Å². The van der Waals surface area contributed by atoms with E-state index in [-0.39, 0.29) is 11.5 Å². The molecule has 0 atom stereocenters. The van der Waals surface area contributed by atoms with Crippen LogP contribution in [0.15, 0.2) is 30.6 Å². The van der Waals surface area contributed by atoms with Crippen LogP contribution in [0.25, 0.3) is 0 Å². The molecule has 0 bridgehead atoms. The molecule has 1 aromatic carbocycles. The quantitative estimate of drug-likeness (QED) is 0.876. The highest BCUT2D eigenvalue weighted by Crippen LogP contribution is 2.22. The van der Waals surface area contributed by atoms with Gasteiger partial charge in [-0.05, 0) is 19.1 Å². The normalized spacial score (nSPS) is 10.2. The first kappa shape index (κ1) is 12.2. The molecule has 94 valence electrons. The number of hydrogen-bond donors (Lipinski definition) is 2. The summed E-state index contributed by atoms with van der Waals surface area (Å²) in [5.41, 5.74) is -0.236. The Morgan fingerprint density at radius 1 is 1.11 bits per heavy atom. The van der Waals surface area contributed by atoms with Crippen molar-refractivity contribution in [3.63, 3.8) is 0 Å². The second-order valence-electron chi connectivity index (χ2n) is 3.54. The number of nitrogens with zero attached hydrogens (tertiary/aromatic N) is 2. The molecule has 0 spiro atoms. The van der Waals surface area contributed by atoms with Crippen LogP contribution in [-0.4, -0.2) is 16.5 Å². The van der Waals surface area contributed by atoms with Crippen molar-refractivity contribution in [3.05, 3.63) is 42.2 Å². The fraction of sp³-hybridized carbons (Fsp3) is 0.167. The highest BCUT2D eigenvalue weighted by molar-refractivity contribution is 5.58. The van der Waals surface area contributed by atoms with E-state index in [1.165, 1.54) is 30.6 Å². The number of para-hydroxylation sites is 1. The summed E-state index contributed by atoms with van der Waals surface area (Å²) in [6.45, 7) is 2.60. The van der Waals surface area contributed by atoms with E-state index in [1.54, 1.807) is 0 Å². The fourth-order valence-electron chi connectivity index (χ4n) is 1.44. The Bertz CT molecular complexity index is 525. The number of benzene rings is 1. The van der Waals surface area contributed by atoms with E-state index in [1.807, 2.05) is 6.92 Å². The molecule has 0 aliphatic heterocycles. The minimum atomic E-state index is -0.675. The van der Waals surface area contributed by atoms with Gasteiger partial charge in [0.05, 0.1) is 12.4 Å². The highest BCUT2D eigenvalue weighted by atomic mass is 19.1. The van der Waals surface area contributed by atoms with Crippen LogP contribution in [0.3, 0.4) is 0 Å². The fourth-order valence-corrected chi connectivity index (χ4v) is 1.44. The van der Waals surface area contributed by atoms with Gasteiger partial charge < -0.3 is 10.6 Å². The van der Waals surface area contributed by atoms with Crippen molar-refractivity contribution < 1.29 is 8.78 Å². The average Bonchev–Trinajstić information content (AvgIpc) is 2.35. The minimum Gasteiger partial charge on any atom is -0.369 e. The molecule has 2 N–H and O–H groups in total. The molecule has 0 saturated carbocycles. The van der Waals surface area contributed by atoms with Crippen LogP contribution >= 0.6 is 0 Å². The first-order chi connectivity index (χ1) is 8.70. The molecule has 0 saturated heterocycles. The molecule has 0 radical (unpaired) electrons. The summed E-state index contributed by atoms with van der Waals surface area (Å²) < 4.78 is 26.8. The van der Waals surface area contributed by atoms with Crippen molar-refractivity contribution in [1.82, 2.24) is 9.97 Å². The zero-order valence-electron chi connectivity index (χ0n) is 9.74. The van der Waals surface area contributed by atoms with Crippen molar-refractivity contribution >= 4 is 17.3 Å². The standard InChI is InChI=1S/C12H12F2N4/c1-2-16-10-6-15-7-11(17-10)18-12-8(13)4-3-5-9(12)14/h3-7H,2H2,1H3,(H2,16,17,18). The second kappa shape index (κ2) is 5.39. The second-order valence-corrected chi connectivity index (χ2v) is 3.54. The SMILES string of the molecule is CCNc1cncc(Nc2c(F)cccc2F)n1. The van der Waals surface area contributed by atoms with Gasteiger partial charge in [0.1, 0.15) is 23.1 Å². The third-order valence-corrected chi connectivity index (χ3v) is 2.21. The summed E-state index contributed by atoms with van der Waals surface area (Å²) in [5, 5.41) is 5.54. The summed E-state index contributed by atoms with van der Waals surface area (Å²) in [4.78, 5) is 8.05. The highest BCUT2D eigenvalue weighted by Gasteiger charge is 2.09. The van der Waals surface area contributed by atoms with Crippen molar-refractivity contribution in [3.8, 4) is 0 Å². The number of nitrogens with one attached hydrogen (secondary N) is 2. The van der Waals surface area contributed by atoms with E-state index in [9.17, 15) is 8.78 Å². The molecule has 1 aromatic heterocycles. The molecule has 0 aliphatic carbocycles. The Labute approximate surface area is 103 Å². The summed E-state index contributed by atoms with van der Waals surface area (Å²) in [6, 6.07) is 3.65. The minimum absolute atomic E-state index is 0.236. The maximum absolute atomic E-state index is 13.4. The first-order valence-electron chi connectivity index (χ1n) is 5.47. The zero-order valence-corrected chi connectivity index (χ0v) is 9.74. The summed E-state index contributed by atoms with van der Waals surface area (Å²) in [6.07, 6.45) is 2.93. The van der Waals surface area contributed by atoms with Gasteiger partial charge in [0.15, 0.2) is 5.82 Å². The monoisotopic (exact) mass is 250 g/mol. The lowest BCUT2D eigenvalue weighted by Crippen LogP contribution is -2.04. The summed E-state index contributed by atoms with van der Waals surface area (Å²) >= 11 is 0. The predicted molar refractivity (Wildman–Crippen MR) is 65.8 cm³/mol. The molecule has 1 heterocycles. The third-order valence-electron chi connectivity index (χ3n) is 2.21. The Kier molecular flexibility index (Phi) is 3.66. The Morgan fingerprint density at radius 3 is 2.44 bits per heavy atom. The molecular weight excluding hydrogens is 238 g/mol. The van der Waals surface area contributed by atoms with Gasteiger partial charge in [-0.1, -0.05) is 6.07 Å². The maximum atomic E-state index is 13.4. The molecular formula is C12H12F2N4. The molecule has 2 rings (SSSR count). The number of rotatable bonds is 4. The average molecular weight is 250 g/mol. The van der Waals surface area contributed by atoms with Crippen LogP contribution in [0, 0.1) is 11.6 Å². The van der Waals surface area contributed by atoms with Crippen molar-refractivity contribution in [1.29, 1.82) is 0 Å². The van der Waals surface area contributed by atoms with Gasteiger partial charge in [-0.25, -0.2) is 13.8 Å². The van der Waals surface area contributed by atoms with Gasteiger partial charge in [0, 0.05) is 6.54 Å². The largest absolute Gasteiger partial charge is 0.369 e. The van der Waals surface area contributed by atoms with E-state index in [0.717, 1.165) is 0 Å². The lowest BCUT2D eigenvalue weighted by molar-refractivity contribution is 0.590. The number of halogens is 2. The summed E-state index contributed by atoms with van der Waals surface area (Å²) in [7, 11) is 0. The number of aromatic nitrogens is 2. The van der Waals surface area contributed by atoms with Gasteiger partial charge in [-0.3, -0.25) is 4.98 Å². The van der Waals surface area contributed by atoms with Crippen molar-refractivity contribution in [2.24, 2.45) is 0 Å². The molecule has 0 amide bonds. The van der Waals surface area contributed by atoms with Crippen LogP contribution in [0.1, 0.15) is 6.92 Å². The maximum Gasteiger partial charge on any atom is 0.151 e. The molecule has 18 heavy (non-hydrogen) atoms. The third kappa shape index (κ3) is 2.71. The Balaban J connectivity index is 2.26. The van der Waals surface area contributed by atoms with Gasteiger partial charge in [-0.15, -0.1) is 0 Å². The molecule has 6 heteroatoms. The van der Waals surface area contributed by atoms with Crippen LogP contribution in [0.4, 0.5) is 26.1 Å². The zero-order chi connectivity index (χ0) is 13.0. The first-order valence-corrected chi connectivity index (χ1v) is 5.47. The molecule has 4 nitrogen and oxygen atoms in total. The van der Waals surface area contributed by atoms with Gasteiger partial charge in [0.25, 0.3) is 0 Å². The van der Waals surface area contributed by atoms with Crippen molar-refractivity contribution in [2.75, 3.05) is 17.2 Å². The van der Waals surface area contributed by atoms with Crippen LogP contribution in [0.5, 0.6) is 0 Å². The van der Waals surface area contributed by atoms with E-state index in [0.29, 0.717) is 12.4 Å². The van der Waals surface area contributed by atoms with Crippen LogP contribution in [-0.2, 0) is 0 Å². The Hall–Kier alpha value is -2.24. The van der Waals surface area contributed by atoms with Gasteiger partial charge in [0.2, 0.25) is 0 Å². The molecule has 0 fully saturated rings. The van der Waals surface area contributed by atoms with Gasteiger partial charge in [-0.2, -0.15) is 0 Å². The van der Waals surface area contributed by atoms with Crippen molar-refractivity contribution in [2.45, 2.75) is 6.92 Å². The number of anilines is 3. The van der Waals surface area contributed by atoms with E-state index in [4.69, 9.17) is 0 Å². The molecule has 0 aliphatic rings. The van der Waals surface area contributed by atoms with E-state index in [2.05, 4.69) is 20.6 Å². The molecule has 2 aromatic rings. The molecule has 0 unspecified atom stereocenters. The predicted octanol–water partition coefficient (Wildman–Crippen LogP) is 2.93. The van der Waals surface area contributed by atoms with E-state index < -0.39 is 11.6 Å². The van der Waals surface area contributed by atoms with E-state index >= 15 is 0 Å². The smallest absolute Gasteiger partial charge is 0.151 e. The van der Waals surface area contributed by atoms with Gasteiger partial charge >= 0.3 is 0 Å².